The number of anilines is 1. The number of amides is 2. The predicted octanol–water partition coefficient (Wildman–Crippen LogP) is 5.18. The Labute approximate surface area is 203 Å². The van der Waals surface area contributed by atoms with E-state index in [9.17, 15) is 4.79 Å². The van der Waals surface area contributed by atoms with Crippen molar-refractivity contribution in [2.75, 3.05) is 19.0 Å². The van der Waals surface area contributed by atoms with Gasteiger partial charge in [0.1, 0.15) is 11.4 Å². The van der Waals surface area contributed by atoms with E-state index in [1.807, 2.05) is 6.92 Å². The number of benzene rings is 1. The number of methoxy groups -OCH3 is 1. The van der Waals surface area contributed by atoms with Crippen molar-refractivity contribution < 1.29 is 9.53 Å². The quantitative estimate of drug-likeness (QED) is 0.373. The molecule has 0 radical (unpaired) electrons. The third-order valence-corrected chi connectivity index (χ3v) is 5.87. The van der Waals surface area contributed by atoms with Crippen LogP contribution in [0, 0.1) is 0 Å². The number of hydrogen-bond acceptors (Lipinski definition) is 8. The average molecular weight is 502 g/mol. The smallest absolute Gasteiger partial charge is 0.321 e. The molecule has 4 aromatic rings. The molecule has 3 aromatic heterocycles. The highest BCUT2D eigenvalue weighted by Crippen LogP contribution is 2.39. The summed E-state index contributed by atoms with van der Waals surface area (Å²) >= 11 is 14.3. The van der Waals surface area contributed by atoms with E-state index in [1.165, 1.54) is 18.4 Å². The lowest BCUT2D eigenvalue weighted by atomic mass is 10.1. The summed E-state index contributed by atoms with van der Waals surface area (Å²) in [6.45, 7) is 2.34. The summed E-state index contributed by atoms with van der Waals surface area (Å²) in [6, 6.07) is 4.74. The molecular formula is C21H17Cl2N7O2S. The van der Waals surface area contributed by atoms with Crippen LogP contribution in [0.3, 0.4) is 0 Å². The van der Waals surface area contributed by atoms with Crippen LogP contribution in [0.2, 0.25) is 10.0 Å². The fourth-order valence-corrected chi connectivity index (χ4v) is 4.33. The van der Waals surface area contributed by atoms with Crippen LogP contribution in [0.15, 0.2) is 43.0 Å². The SMILES string of the molecule is CCNC(=O)Nc1ncc(-c2cc(-c3c(Cl)cc(OC)cc3Cl)nc(-c3cnccn3)n2)s1. The fraction of sp³-hybridized carbons (Fsp3) is 0.143. The van der Waals surface area contributed by atoms with Gasteiger partial charge in [0.15, 0.2) is 11.0 Å². The molecule has 0 unspecified atom stereocenters. The molecule has 0 spiro atoms. The van der Waals surface area contributed by atoms with Crippen molar-refractivity contribution in [1.29, 1.82) is 0 Å². The predicted molar refractivity (Wildman–Crippen MR) is 129 cm³/mol. The summed E-state index contributed by atoms with van der Waals surface area (Å²) < 4.78 is 5.24. The Kier molecular flexibility index (Phi) is 6.97. The molecule has 2 N–H and O–H groups in total. The molecule has 0 atom stereocenters. The molecular weight excluding hydrogens is 485 g/mol. The Morgan fingerprint density at radius 1 is 1.03 bits per heavy atom. The molecule has 0 saturated carbocycles. The normalized spacial score (nSPS) is 10.7. The summed E-state index contributed by atoms with van der Waals surface area (Å²) in [5, 5.41) is 6.53. The molecule has 0 aliphatic carbocycles. The van der Waals surface area contributed by atoms with E-state index in [-0.39, 0.29) is 6.03 Å². The average Bonchev–Trinajstić information content (AvgIpc) is 3.27. The van der Waals surface area contributed by atoms with E-state index in [0.29, 0.717) is 60.8 Å². The molecule has 168 valence electrons. The van der Waals surface area contributed by atoms with Gasteiger partial charge in [-0.15, -0.1) is 0 Å². The van der Waals surface area contributed by atoms with Crippen molar-refractivity contribution in [1.82, 2.24) is 30.2 Å². The first-order valence-corrected chi connectivity index (χ1v) is 11.3. The van der Waals surface area contributed by atoms with Gasteiger partial charge >= 0.3 is 6.03 Å². The summed E-state index contributed by atoms with van der Waals surface area (Å²) in [5.41, 5.74) is 2.06. The van der Waals surface area contributed by atoms with Gasteiger partial charge in [-0.1, -0.05) is 34.5 Å². The Morgan fingerprint density at radius 2 is 1.79 bits per heavy atom. The molecule has 0 aliphatic rings. The number of carbonyl (C=O) groups is 1. The van der Waals surface area contributed by atoms with Crippen molar-refractivity contribution in [3.63, 3.8) is 0 Å². The first kappa shape index (κ1) is 22.8. The number of nitrogens with zero attached hydrogens (tertiary/aromatic N) is 5. The van der Waals surface area contributed by atoms with Crippen LogP contribution in [-0.2, 0) is 0 Å². The summed E-state index contributed by atoms with van der Waals surface area (Å²) in [5.74, 6) is 0.867. The molecule has 9 nitrogen and oxygen atoms in total. The van der Waals surface area contributed by atoms with E-state index in [1.54, 1.807) is 43.0 Å². The lowest BCUT2D eigenvalue weighted by Crippen LogP contribution is -2.28. The number of hydrogen-bond donors (Lipinski definition) is 2. The highest BCUT2D eigenvalue weighted by molar-refractivity contribution is 7.19. The van der Waals surface area contributed by atoms with E-state index in [4.69, 9.17) is 27.9 Å². The van der Waals surface area contributed by atoms with Crippen molar-refractivity contribution in [3.05, 3.63) is 53.0 Å². The van der Waals surface area contributed by atoms with Crippen LogP contribution >= 0.6 is 34.5 Å². The van der Waals surface area contributed by atoms with Crippen LogP contribution in [0.1, 0.15) is 6.92 Å². The van der Waals surface area contributed by atoms with E-state index >= 15 is 0 Å². The van der Waals surface area contributed by atoms with E-state index in [0.717, 1.165) is 0 Å². The number of ether oxygens (including phenoxy) is 1. The molecule has 0 aliphatic heterocycles. The van der Waals surface area contributed by atoms with Gasteiger partial charge in [0.2, 0.25) is 0 Å². The molecule has 2 amide bonds. The molecule has 12 heteroatoms. The zero-order chi connectivity index (χ0) is 23.4. The second kappa shape index (κ2) is 10.1. The van der Waals surface area contributed by atoms with Gasteiger partial charge in [-0.05, 0) is 25.1 Å². The Hall–Kier alpha value is -3.34. The topological polar surface area (TPSA) is 115 Å². The largest absolute Gasteiger partial charge is 0.497 e. The van der Waals surface area contributed by atoms with Crippen molar-refractivity contribution in [2.24, 2.45) is 0 Å². The van der Waals surface area contributed by atoms with Crippen LogP contribution in [0.5, 0.6) is 5.75 Å². The van der Waals surface area contributed by atoms with Crippen molar-refractivity contribution in [3.8, 4) is 39.1 Å². The lowest BCUT2D eigenvalue weighted by Gasteiger charge is -2.11. The lowest BCUT2D eigenvalue weighted by molar-refractivity contribution is 0.252. The minimum atomic E-state index is -0.334. The maximum Gasteiger partial charge on any atom is 0.321 e. The van der Waals surface area contributed by atoms with Crippen LogP contribution in [-0.4, -0.2) is 44.6 Å². The van der Waals surface area contributed by atoms with Gasteiger partial charge in [0.25, 0.3) is 0 Å². The minimum Gasteiger partial charge on any atom is -0.497 e. The molecule has 1 aromatic carbocycles. The van der Waals surface area contributed by atoms with Gasteiger partial charge < -0.3 is 10.1 Å². The van der Waals surface area contributed by atoms with Gasteiger partial charge in [0.05, 0.1) is 39.6 Å². The number of halogens is 2. The molecule has 4 rings (SSSR count). The zero-order valence-corrected chi connectivity index (χ0v) is 19.8. The van der Waals surface area contributed by atoms with Gasteiger partial charge in [-0.3, -0.25) is 10.3 Å². The third kappa shape index (κ3) is 5.19. The van der Waals surface area contributed by atoms with Gasteiger partial charge in [0, 0.05) is 30.7 Å². The summed E-state index contributed by atoms with van der Waals surface area (Å²) in [4.78, 5) is 34.5. The van der Waals surface area contributed by atoms with Crippen LogP contribution < -0.4 is 15.4 Å². The first-order valence-electron chi connectivity index (χ1n) is 9.68. The van der Waals surface area contributed by atoms with Crippen molar-refractivity contribution >= 4 is 45.7 Å². The number of thiazole rings is 1. The second-order valence-electron chi connectivity index (χ2n) is 6.53. The van der Waals surface area contributed by atoms with Crippen LogP contribution in [0.4, 0.5) is 9.93 Å². The second-order valence-corrected chi connectivity index (χ2v) is 8.38. The molecule has 0 bridgehead atoms. The number of carbonyl (C=O) groups excluding carboxylic acids is 1. The molecule has 0 saturated heterocycles. The van der Waals surface area contributed by atoms with E-state index < -0.39 is 0 Å². The first-order chi connectivity index (χ1) is 16.0. The van der Waals surface area contributed by atoms with Gasteiger partial charge in [-0.25, -0.2) is 24.7 Å². The van der Waals surface area contributed by atoms with Crippen LogP contribution in [0.25, 0.3) is 33.3 Å². The minimum absolute atomic E-state index is 0.334. The Morgan fingerprint density at radius 3 is 2.45 bits per heavy atom. The monoisotopic (exact) mass is 501 g/mol. The molecule has 3 heterocycles. The number of nitrogens with one attached hydrogen (secondary N) is 2. The van der Waals surface area contributed by atoms with E-state index in [2.05, 4.69) is 35.6 Å². The Bertz CT molecular complexity index is 1280. The number of rotatable bonds is 6. The molecule has 0 fully saturated rings. The number of urea groups is 1. The zero-order valence-electron chi connectivity index (χ0n) is 17.5. The standard InChI is InChI=1S/C21H17Cl2N7O2S/c1-3-25-20(31)30-21-27-10-17(33-21)14-8-15(18-12(22)6-11(32-2)7-13(18)23)29-19(28-14)16-9-24-4-5-26-16/h4-10H,3H2,1-2H3,(H2,25,27,30,31). The Balaban J connectivity index is 1.82. The van der Waals surface area contributed by atoms with Crippen molar-refractivity contribution in [2.45, 2.75) is 6.92 Å². The summed E-state index contributed by atoms with van der Waals surface area (Å²) in [7, 11) is 1.53. The number of aromatic nitrogens is 5. The fourth-order valence-electron chi connectivity index (χ4n) is 2.90. The summed E-state index contributed by atoms with van der Waals surface area (Å²) in [6.07, 6.45) is 6.30. The van der Waals surface area contributed by atoms with Gasteiger partial charge in [-0.2, -0.15) is 0 Å². The molecule has 33 heavy (non-hydrogen) atoms. The maximum atomic E-state index is 11.8. The highest BCUT2D eigenvalue weighted by Gasteiger charge is 2.18. The highest BCUT2D eigenvalue weighted by atomic mass is 35.5. The third-order valence-electron chi connectivity index (χ3n) is 4.34. The maximum absolute atomic E-state index is 11.8.